The van der Waals surface area contributed by atoms with E-state index in [9.17, 15) is 14.0 Å². The van der Waals surface area contributed by atoms with Crippen LogP contribution in [0, 0.1) is 12.7 Å². The van der Waals surface area contributed by atoms with Crippen LogP contribution in [0.25, 0.3) is 0 Å². The van der Waals surface area contributed by atoms with E-state index in [0.717, 1.165) is 36.9 Å². The van der Waals surface area contributed by atoms with Crippen LogP contribution in [-0.4, -0.2) is 22.8 Å². The summed E-state index contributed by atoms with van der Waals surface area (Å²) in [5.74, 6) is -0.638. The number of hydrogen-bond donors (Lipinski definition) is 1. The molecule has 0 spiro atoms. The van der Waals surface area contributed by atoms with Gasteiger partial charge < -0.3 is 9.72 Å². The molecule has 4 nitrogen and oxygen atoms in total. The van der Waals surface area contributed by atoms with Gasteiger partial charge in [0.05, 0.1) is 0 Å². The van der Waals surface area contributed by atoms with Gasteiger partial charge in [-0.05, 0) is 68.2 Å². The number of carbonyl (C=O) groups is 2. The fourth-order valence-electron chi connectivity index (χ4n) is 4.22. The SMILES string of the molecule is Cc1c(C(=O)OC2CCCC2)[nH]c2c1C(=O)C[C@@H](c1ccc(F)cc1)C2. The quantitative estimate of drug-likeness (QED) is 0.826. The number of carbonyl (C=O) groups excluding carboxylic acids is 2. The molecule has 1 saturated carbocycles. The van der Waals surface area contributed by atoms with Crippen molar-refractivity contribution in [3.8, 4) is 0 Å². The van der Waals surface area contributed by atoms with E-state index < -0.39 is 0 Å². The Kier molecular flexibility index (Phi) is 4.39. The van der Waals surface area contributed by atoms with E-state index >= 15 is 0 Å². The highest BCUT2D eigenvalue weighted by atomic mass is 19.1. The number of aromatic amines is 1. The van der Waals surface area contributed by atoms with Crippen LogP contribution in [0.15, 0.2) is 24.3 Å². The van der Waals surface area contributed by atoms with Gasteiger partial charge in [-0.3, -0.25) is 4.79 Å². The van der Waals surface area contributed by atoms with Crippen LogP contribution in [0.2, 0.25) is 0 Å². The molecule has 1 aromatic heterocycles. The monoisotopic (exact) mass is 355 g/mol. The highest BCUT2D eigenvalue weighted by Crippen LogP contribution is 2.35. The van der Waals surface area contributed by atoms with E-state index in [4.69, 9.17) is 4.74 Å². The lowest BCUT2D eigenvalue weighted by Gasteiger charge is -2.22. The number of benzene rings is 1. The maximum Gasteiger partial charge on any atom is 0.355 e. The van der Waals surface area contributed by atoms with Crippen molar-refractivity contribution < 1.29 is 18.7 Å². The number of nitrogens with one attached hydrogen (secondary N) is 1. The summed E-state index contributed by atoms with van der Waals surface area (Å²) in [6, 6.07) is 6.28. The minimum Gasteiger partial charge on any atom is -0.458 e. The third kappa shape index (κ3) is 3.06. The predicted octanol–water partition coefficient (Wildman–Crippen LogP) is 4.47. The van der Waals surface area contributed by atoms with Gasteiger partial charge >= 0.3 is 5.97 Å². The van der Waals surface area contributed by atoms with Gasteiger partial charge in [0, 0.05) is 17.7 Å². The molecule has 2 aromatic rings. The number of aromatic nitrogens is 1. The van der Waals surface area contributed by atoms with Crippen LogP contribution in [0.1, 0.15) is 75.7 Å². The molecule has 0 bridgehead atoms. The minimum absolute atomic E-state index is 0.00708. The molecular formula is C21H22FNO3. The predicted molar refractivity (Wildman–Crippen MR) is 95.0 cm³/mol. The van der Waals surface area contributed by atoms with Gasteiger partial charge in [0.25, 0.3) is 0 Å². The van der Waals surface area contributed by atoms with Crippen molar-refractivity contribution in [1.29, 1.82) is 0 Å². The lowest BCUT2D eigenvalue weighted by Crippen LogP contribution is -2.18. The zero-order valence-electron chi connectivity index (χ0n) is 14.8. The first-order chi connectivity index (χ1) is 12.5. The summed E-state index contributed by atoms with van der Waals surface area (Å²) >= 11 is 0. The topological polar surface area (TPSA) is 59.2 Å². The molecule has 1 atom stereocenters. The fraction of sp³-hybridized carbons (Fsp3) is 0.429. The number of Topliss-reactive ketones (excluding diaryl/α,β-unsaturated/α-hetero) is 1. The highest BCUT2D eigenvalue weighted by Gasteiger charge is 2.33. The zero-order chi connectivity index (χ0) is 18.3. The van der Waals surface area contributed by atoms with E-state index in [-0.39, 0.29) is 29.6 Å². The zero-order valence-corrected chi connectivity index (χ0v) is 14.8. The van der Waals surface area contributed by atoms with E-state index in [1.54, 1.807) is 19.1 Å². The summed E-state index contributed by atoms with van der Waals surface area (Å²) < 4.78 is 18.7. The molecular weight excluding hydrogens is 333 g/mol. The Morgan fingerprint density at radius 3 is 2.54 bits per heavy atom. The molecule has 2 aliphatic carbocycles. The second kappa shape index (κ2) is 6.71. The average Bonchev–Trinajstić information content (AvgIpc) is 3.23. The Morgan fingerprint density at radius 1 is 1.15 bits per heavy atom. The molecule has 0 radical (unpaired) electrons. The molecule has 4 rings (SSSR count). The van der Waals surface area contributed by atoms with Gasteiger partial charge in [-0.1, -0.05) is 12.1 Å². The minimum atomic E-state index is -0.366. The molecule has 1 heterocycles. The molecule has 0 unspecified atom stereocenters. The van der Waals surface area contributed by atoms with Gasteiger partial charge in [0.1, 0.15) is 17.6 Å². The van der Waals surface area contributed by atoms with Crippen molar-refractivity contribution in [2.75, 3.05) is 0 Å². The van der Waals surface area contributed by atoms with Gasteiger partial charge in [-0.2, -0.15) is 0 Å². The van der Waals surface area contributed by atoms with E-state index in [1.165, 1.54) is 12.1 Å². The number of H-pyrrole nitrogens is 1. The summed E-state index contributed by atoms with van der Waals surface area (Å²) in [5, 5.41) is 0. The third-order valence-electron chi connectivity index (χ3n) is 5.61. The molecule has 1 aromatic carbocycles. The summed E-state index contributed by atoms with van der Waals surface area (Å²) in [4.78, 5) is 28.4. The first kappa shape index (κ1) is 17.0. The number of halogens is 1. The Balaban J connectivity index is 1.59. The summed E-state index contributed by atoms with van der Waals surface area (Å²) in [6.07, 6.45) is 5.00. The second-order valence-electron chi connectivity index (χ2n) is 7.37. The second-order valence-corrected chi connectivity index (χ2v) is 7.37. The van der Waals surface area contributed by atoms with E-state index in [0.29, 0.717) is 29.7 Å². The lowest BCUT2D eigenvalue weighted by atomic mass is 9.81. The van der Waals surface area contributed by atoms with E-state index in [2.05, 4.69) is 4.98 Å². The molecule has 0 amide bonds. The Labute approximate surface area is 151 Å². The van der Waals surface area contributed by atoms with Crippen LogP contribution in [0.3, 0.4) is 0 Å². The van der Waals surface area contributed by atoms with Crippen molar-refractivity contribution in [2.24, 2.45) is 0 Å². The average molecular weight is 355 g/mol. The number of fused-ring (bicyclic) bond motifs is 1. The fourth-order valence-corrected chi connectivity index (χ4v) is 4.22. The summed E-state index contributed by atoms with van der Waals surface area (Å²) in [6.45, 7) is 1.80. The normalized spacial score (nSPS) is 20.2. The number of esters is 1. The molecule has 0 aliphatic heterocycles. The Morgan fingerprint density at radius 2 is 1.85 bits per heavy atom. The van der Waals surface area contributed by atoms with Crippen molar-refractivity contribution in [3.05, 3.63) is 58.2 Å². The van der Waals surface area contributed by atoms with Crippen LogP contribution in [0.4, 0.5) is 4.39 Å². The first-order valence-electron chi connectivity index (χ1n) is 9.24. The third-order valence-corrected chi connectivity index (χ3v) is 5.61. The van der Waals surface area contributed by atoms with Crippen molar-refractivity contribution in [2.45, 2.75) is 57.5 Å². The molecule has 1 fully saturated rings. The maximum absolute atomic E-state index is 13.2. The van der Waals surface area contributed by atoms with Crippen LogP contribution < -0.4 is 0 Å². The van der Waals surface area contributed by atoms with E-state index in [1.807, 2.05) is 0 Å². The van der Waals surface area contributed by atoms with Gasteiger partial charge in [-0.25, -0.2) is 9.18 Å². The smallest absolute Gasteiger partial charge is 0.355 e. The first-order valence-corrected chi connectivity index (χ1v) is 9.24. The maximum atomic E-state index is 13.2. The summed E-state index contributed by atoms with van der Waals surface area (Å²) in [7, 11) is 0. The van der Waals surface area contributed by atoms with Crippen molar-refractivity contribution in [3.63, 3.8) is 0 Å². The molecule has 1 N–H and O–H groups in total. The Bertz CT molecular complexity index is 847. The standard InChI is InChI=1S/C21H22FNO3/c1-12-19-17(23-20(12)21(25)26-16-4-2-3-5-16)10-14(11-18(19)24)13-6-8-15(22)9-7-13/h6-9,14,16,23H,2-5,10-11H2,1H3/t14-/m0/s1. The van der Waals surface area contributed by atoms with Crippen LogP contribution in [-0.2, 0) is 11.2 Å². The molecule has 5 heteroatoms. The number of ketones is 1. The summed E-state index contributed by atoms with van der Waals surface area (Å²) in [5.41, 5.74) is 3.43. The number of hydrogen-bond acceptors (Lipinski definition) is 3. The Hall–Kier alpha value is -2.43. The van der Waals surface area contributed by atoms with Gasteiger partial charge in [0.2, 0.25) is 0 Å². The molecule has 136 valence electrons. The van der Waals surface area contributed by atoms with Crippen molar-refractivity contribution in [1.82, 2.24) is 4.98 Å². The molecule has 26 heavy (non-hydrogen) atoms. The van der Waals surface area contributed by atoms with Crippen LogP contribution >= 0.6 is 0 Å². The molecule has 0 saturated heterocycles. The van der Waals surface area contributed by atoms with Gasteiger partial charge in [-0.15, -0.1) is 0 Å². The largest absolute Gasteiger partial charge is 0.458 e. The highest BCUT2D eigenvalue weighted by molar-refractivity contribution is 6.03. The van der Waals surface area contributed by atoms with Gasteiger partial charge in [0.15, 0.2) is 5.78 Å². The van der Waals surface area contributed by atoms with Crippen molar-refractivity contribution >= 4 is 11.8 Å². The van der Waals surface area contributed by atoms with Crippen LogP contribution in [0.5, 0.6) is 0 Å². The number of ether oxygens (including phenoxy) is 1. The lowest BCUT2D eigenvalue weighted by molar-refractivity contribution is 0.0310. The molecule has 2 aliphatic rings. The number of rotatable bonds is 3.